The molecule has 4 atom stereocenters. The summed E-state index contributed by atoms with van der Waals surface area (Å²) in [5.41, 5.74) is 1.23. The van der Waals surface area contributed by atoms with Crippen LogP contribution in [-0.2, 0) is 14.2 Å². The van der Waals surface area contributed by atoms with Crippen molar-refractivity contribution < 1.29 is 14.2 Å². The van der Waals surface area contributed by atoms with Crippen molar-refractivity contribution in [1.29, 1.82) is 0 Å². The highest BCUT2D eigenvalue weighted by Gasteiger charge is 2.45. The van der Waals surface area contributed by atoms with Gasteiger partial charge in [-0.05, 0) is 18.1 Å². The Balaban J connectivity index is 1.54. The van der Waals surface area contributed by atoms with Crippen molar-refractivity contribution in [2.45, 2.75) is 31.8 Å². The van der Waals surface area contributed by atoms with Crippen molar-refractivity contribution in [1.82, 2.24) is 0 Å². The van der Waals surface area contributed by atoms with Crippen molar-refractivity contribution in [3.8, 4) is 0 Å². The molecule has 4 unspecified atom stereocenters. The second kappa shape index (κ2) is 5.12. The number of benzene rings is 1. The summed E-state index contributed by atoms with van der Waals surface area (Å²) < 4.78 is 16.8. The molecular formula is C15H18O3. The van der Waals surface area contributed by atoms with Gasteiger partial charge in [0, 0.05) is 0 Å². The molecule has 18 heavy (non-hydrogen) atoms. The second-order valence-electron chi connectivity index (χ2n) is 4.73. The zero-order valence-corrected chi connectivity index (χ0v) is 10.5. The molecule has 1 aromatic carbocycles. The molecular weight excluding hydrogens is 228 g/mol. The monoisotopic (exact) mass is 246 g/mol. The summed E-state index contributed by atoms with van der Waals surface area (Å²) in [7, 11) is 0. The van der Waals surface area contributed by atoms with Crippen molar-refractivity contribution in [3.05, 3.63) is 48.2 Å². The molecule has 3 rings (SSSR count). The van der Waals surface area contributed by atoms with Gasteiger partial charge in [-0.2, -0.15) is 0 Å². The molecule has 1 aromatic rings. The molecule has 3 heteroatoms. The van der Waals surface area contributed by atoms with E-state index in [0.717, 1.165) is 6.42 Å². The molecule has 2 aliphatic rings. The van der Waals surface area contributed by atoms with Crippen molar-refractivity contribution in [2.75, 3.05) is 6.61 Å². The van der Waals surface area contributed by atoms with Gasteiger partial charge in [0.1, 0.15) is 0 Å². The highest BCUT2D eigenvalue weighted by atomic mass is 16.7. The minimum absolute atomic E-state index is 0.0598. The molecule has 0 aliphatic carbocycles. The van der Waals surface area contributed by atoms with E-state index in [1.54, 1.807) is 6.26 Å². The Kier molecular flexibility index (Phi) is 3.35. The number of rotatable bonds is 5. The number of ether oxygens (including phenoxy) is 3. The molecule has 0 spiro atoms. The van der Waals surface area contributed by atoms with E-state index in [9.17, 15) is 0 Å². The molecule has 0 aromatic heterocycles. The van der Waals surface area contributed by atoms with Crippen LogP contribution in [0.5, 0.6) is 0 Å². The summed E-state index contributed by atoms with van der Waals surface area (Å²) in [6, 6.07) is 10.3. The quantitative estimate of drug-likeness (QED) is 0.799. The van der Waals surface area contributed by atoms with Gasteiger partial charge < -0.3 is 14.2 Å². The second-order valence-corrected chi connectivity index (χ2v) is 4.73. The van der Waals surface area contributed by atoms with E-state index in [1.807, 2.05) is 18.2 Å². The first-order valence-corrected chi connectivity index (χ1v) is 6.52. The summed E-state index contributed by atoms with van der Waals surface area (Å²) in [5.74, 6) is 0.373. The largest absolute Gasteiger partial charge is 0.472 e. The Bertz CT molecular complexity index is 415. The fraction of sp³-hybridized carbons (Fsp3) is 0.467. The third-order valence-electron chi connectivity index (χ3n) is 3.57. The highest BCUT2D eigenvalue weighted by molar-refractivity contribution is 5.17. The molecule has 0 radical (unpaired) electrons. The van der Waals surface area contributed by atoms with Crippen LogP contribution in [0.25, 0.3) is 0 Å². The molecule has 0 N–H and O–H groups in total. The third kappa shape index (κ3) is 2.16. The SMILES string of the molecule is CCC(OCC1OC2OC=CC12)c1ccccc1. The first-order chi connectivity index (χ1) is 8.88. The van der Waals surface area contributed by atoms with Crippen molar-refractivity contribution >= 4 is 0 Å². The summed E-state index contributed by atoms with van der Waals surface area (Å²) >= 11 is 0. The molecule has 1 fully saturated rings. The Labute approximate surface area is 107 Å². The zero-order valence-electron chi connectivity index (χ0n) is 10.5. The maximum Gasteiger partial charge on any atom is 0.208 e. The van der Waals surface area contributed by atoms with Crippen molar-refractivity contribution in [2.24, 2.45) is 5.92 Å². The third-order valence-corrected chi connectivity index (χ3v) is 3.57. The van der Waals surface area contributed by atoms with Crippen molar-refractivity contribution in [3.63, 3.8) is 0 Å². The van der Waals surface area contributed by atoms with Gasteiger partial charge in [-0.15, -0.1) is 0 Å². The molecule has 96 valence electrons. The van der Waals surface area contributed by atoms with Crippen LogP contribution in [0.1, 0.15) is 25.0 Å². The lowest BCUT2D eigenvalue weighted by molar-refractivity contribution is -0.269. The van der Waals surface area contributed by atoms with Gasteiger partial charge in [-0.25, -0.2) is 0 Å². The summed E-state index contributed by atoms with van der Waals surface area (Å²) in [5, 5.41) is 0. The van der Waals surface area contributed by atoms with Gasteiger partial charge in [0.05, 0.1) is 31.0 Å². The topological polar surface area (TPSA) is 27.7 Å². The van der Waals surface area contributed by atoms with E-state index in [-0.39, 0.29) is 18.5 Å². The number of hydrogen-bond acceptors (Lipinski definition) is 3. The van der Waals surface area contributed by atoms with Crippen LogP contribution in [0.15, 0.2) is 42.7 Å². The molecule has 2 aliphatic heterocycles. The zero-order chi connectivity index (χ0) is 12.4. The lowest BCUT2D eigenvalue weighted by Crippen LogP contribution is -2.48. The minimum Gasteiger partial charge on any atom is -0.472 e. The maximum absolute atomic E-state index is 5.98. The predicted molar refractivity (Wildman–Crippen MR) is 67.8 cm³/mol. The summed E-state index contributed by atoms with van der Waals surface area (Å²) in [4.78, 5) is 0. The molecule has 3 nitrogen and oxygen atoms in total. The average molecular weight is 246 g/mol. The lowest BCUT2D eigenvalue weighted by atomic mass is 9.97. The highest BCUT2D eigenvalue weighted by Crippen LogP contribution is 2.36. The first-order valence-electron chi connectivity index (χ1n) is 6.52. The van der Waals surface area contributed by atoms with Crippen LogP contribution in [0, 0.1) is 5.92 Å². The summed E-state index contributed by atoms with van der Waals surface area (Å²) in [6.07, 6.45) is 4.99. The van der Waals surface area contributed by atoms with E-state index < -0.39 is 0 Å². The van der Waals surface area contributed by atoms with Crippen LogP contribution in [-0.4, -0.2) is 19.0 Å². The predicted octanol–water partition coefficient (Wildman–Crippen LogP) is 3.04. The van der Waals surface area contributed by atoms with E-state index in [1.165, 1.54) is 5.56 Å². The van der Waals surface area contributed by atoms with Crippen LogP contribution < -0.4 is 0 Å². The summed E-state index contributed by atoms with van der Waals surface area (Å²) in [6.45, 7) is 2.77. The Morgan fingerprint density at radius 3 is 2.83 bits per heavy atom. The Hall–Kier alpha value is -1.32. The van der Waals surface area contributed by atoms with Crippen LogP contribution in [0.4, 0.5) is 0 Å². The van der Waals surface area contributed by atoms with E-state index in [0.29, 0.717) is 12.5 Å². The van der Waals surface area contributed by atoms with Gasteiger partial charge in [0.25, 0.3) is 0 Å². The smallest absolute Gasteiger partial charge is 0.208 e. The van der Waals surface area contributed by atoms with Crippen LogP contribution >= 0.6 is 0 Å². The molecule has 0 bridgehead atoms. The van der Waals surface area contributed by atoms with Crippen LogP contribution in [0.3, 0.4) is 0 Å². The molecule has 0 amide bonds. The number of fused-ring (bicyclic) bond motifs is 1. The Morgan fingerprint density at radius 2 is 2.11 bits per heavy atom. The molecule has 1 saturated heterocycles. The van der Waals surface area contributed by atoms with Gasteiger partial charge in [-0.1, -0.05) is 37.3 Å². The first kappa shape index (κ1) is 11.8. The van der Waals surface area contributed by atoms with E-state index in [2.05, 4.69) is 25.1 Å². The fourth-order valence-corrected chi connectivity index (χ4v) is 2.47. The maximum atomic E-state index is 5.98. The lowest BCUT2D eigenvalue weighted by Gasteiger charge is -2.38. The standard InChI is InChI=1S/C15H18O3/c1-2-13(11-6-4-3-5-7-11)17-10-14-12-8-9-16-15(12)18-14/h3-9,12-15H,2,10H2,1H3. The van der Waals surface area contributed by atoms with Gasteiger partial charge in [-0.3, -0.25) is 0 Å². The van der Waals surface area contributed by atoms with Gasteiger partial charge in [0.2, 0.25) is 6.29 Å². The normalized spacial score (nSPS) is 30.4. The van der Waals surface area contributed by atoms with Crippen LogP contribution in [0.2, 0.25) is 0 Å². The van der Waals surface area contributed by atoms with E-state index in [4.69, 9.17) is 14.2 Å². The average Bonchev–Trinajstić information content (AvgIpc) is 2.77. The van der Waals surface area contributed by atoms with E-state index >= 15 is 0 Å². The minimum atomic E-state index is -0.0598. The fourth-order valence-electron chi connectivity index (χ4n) is 2.47. The molecule has 2 heterocycles. The Morgan fingerprint density at radius 1 is 1.28 bits per heavy atom. The van der Waals surface area contributed by atoms with Gasteiger partial charge >= 0.3 is 0 Å². The van der Waals surface area contributed by atoms with Gasteiger partial charge in [0.15, 0.2) is 0 Å². The molecule has 0 saturated carbocycles. The number of hydrogen-bond donors (Lipinski definition) is 0.